The number of nitrogens with one attached hydrogen (secondary N) is 3. The Morgan fingerprint density at radius 2 is 1.81 bits per heavy atom. The molecule has 9 heteroatoms. The number of rotatable bonds is 6. The smallest absolute Gasteiger partial charge is 0.246 e. The summed E-state index contributed by atoms with van der Waals surface area (Å²) < 4.78 is 40.5. The Hall–Kier alpha value is -2.65. The van der Waals surface area contributed by atoms with Gasteiger partial charge < -0.3 is 16.0 Å². The van der Waals surface area contributed by atoms with Crippen molar-refractivity contribution in [2.45, 2.75) is 24.9 Å². The van der Waals surface area contributed by atoms with Crippen molar-refractivity contribution in [2.75, 3.05) is 13.1 Å². The number of halogens is 4. The first-order valence-corrected chi connectivity index (χ1v) is 10.5. The van der Waals surface area contributed by atoms with Crippen molar-refractivity contribution in [1.82, 2.24) is 16.0 Å². The first-order valence-electron chi connectivity index (χ1n) is 9.67. The van der Waals surface area contributed by atoms with Crippen LogP contribution < -0.4 is 16.0 Å². The summed E-state index contributed by atoms with van der Waals surface area (Å²) in [6.45, 7) is 0.913. The van der Waals surface area contributed by atoms with E-state index in [1.807, 2.05) is 0 Å². The van der Waals surface area contributed by atoms with Gasteiger partial charge in [-0.15, -0.1) is 0 Å². The van der Waals surface area contributed by atoms with E-state index in [9.17, 15) is 22.8 Å². The van der Waals surface area contributed by atoms with Gasteiger partial charge in [-0.25, -0.2) is 13.2 Å². The van der Waals surface area contributed by atoms with E-state index < -0.39 is 34.8 Å². The van der Waals surface area contributed by atoms with Crippen LogP contribution >= 0.6 is 15.9 Å². The van der Waals surface area contributed by atoms with Crippen molar-refractivity contribution in [3.63, 3.8) is 0 Å². The second-order valence-corrected chi connectivity index (χ2v) is 8.10. The van der Waals surface area contributed by atoms with Gasteiger partial charge in [-0.05, 0) is 71.7 Å². The maximum absolute atomic E-state index is 13.9. The van der Waals surface area contributed by atoms with E-state index in [-0.39, 0.29) is 16.6 Å². The van der Waals surface area contributed by atoms with E-state index >= 15 is 0 Å². The molecule has 0 bridgehead atoms. The molecule has 2 amide bonds. The van der Waals surface area contributed by atoms with E-state index in [0.29, 0.717) is 31.5 Å². The second kappa shape index (κ2) is 10.1. The maximum Gasteiger partial charge on any atom is 0.246 e. The average molecular weight is 496 g/mol. The summed E-state index contributed by atoms with van der Waals surface area (Å²) in [5, 5.41) is 8.55. The summed E-state index contributed by atoms with van der Waals surface area (Å²) in [7, 11) is 0. The molecule has 3 N–H and O–H groups in total. The summed E-state index contributed by atoms with van der Waals surface area (Å²) in [4.78, 5) is 25.5. The largest absolute Gasteiger partial charge is 0.350 e. The molecule has 1 saturated heterocycles. The molecule has 0 radical (unpaired) electrons. The molecule has 5 nitrogen and oxygen atoms in total. The Labute approximate surface area is 186 Å². The van der Waals surface area contributed by atoms with Crippen molar-refractivity contribution in [2.24, 2.45) is 0 Å². The van der Waals surface area contributed by atoms with Crippen LogP contribution in [0.25, 0.3) is 6.08 Å². The molecule has 1 fully saturated rings. The molecule has 0 aromatic heterocycles. The fourth-order valence-electron chi connectivity index (χ4n) is 3.34. The number of hydrogen-bond donors (Lipinski definition) is 3. The normalized spacial score (nSPS) is 15.6. The van der Waals surface area contributed by atoms with E-state index in [1.165, 1.54) is 36.4 Å². The SMILES string of the molecule is O=C(C=Cc1ccc(F)c(Br)c1)NC1(C(=O)NCc2ccc(F)cc2F)CCNCC1. The van der Waals surface area contributed by atoms with Crippen LogP contribution in [0, 0.1) is 17.5 Å². The molecule has 31 heavy (non-hydrogen) atoms. The number of carbonyl (C=O) groups is 2. The van der Waals surface area contributed by atoms with E-state index in [1.54, 1.807) is 0 Å². The number of hydrogen-bond acceptors (Lipinski definition) is 3. The van der Waals surface area contributed by atoms with Gasteiger partial charge in [-0.2, -0.15) is 0 Å². The van der Waals surface area contributed by atoms with Crippen molar-refractivity contribution in [3.8, 4) is 0 Å². The van der Waals surface area contributed by atoms with Crippen molar-refractivity contribution < 1.29 is 22.8 Å². The molecule has 164 valence electrons. The first-order chi connectivity index (χ1) is 14.8. The second-order valence-electron chi connectivity index (χ2n) is 7.25. The van der Waals surface area contributed by atoms with Crippen LogP contribution in [0.15, 0.2) is 46.9 Å². The highest BCUT2D eigenvalue weighted by molar-refractivity contribution is 9.10. The highest BCUT2D eigenvalue weighted by atomic mass is 79.9. The molecule has 0 aliphatic carbocycles. The fourth-order valence-corrected chi connectivity index (χ4v) is 3.73. The molecule has 2 aromatic rings. The number of amides is 2. The zero-order chi connectivity index (χ0) is 22.4. The Balaban J connectivity index is 1.68. The van der Waals surface area contributed by atoms with Crippen molar-refractivity contribution >= 4 is 33.8 Å². The van der Waals surface area contributed by atoms with Crippen LogP contribution in [0.3, 0.4) is 0 Å². The van der Waals surface area contributed by atoms with E-state index in [0.717, 1.165) is 12.1 Å². The van der Waals surface area contributed by atoms with Gasteiger partial charge in [-0.3, -0.25) is 9.59 Å². The van der Waals surface area contributed by atoms with Gasteiger partial charge in [0.1, 0.15) is 23.0 Å². The Morgan fingerprint density at radius 3 is 2.48 bits per heavy atom. The minimum absolute atomic E-state index is 0.130. The lowest BCUT2D eigenvalue weighted by Gasteiger charge is -2.36. The molecule has 0 unspecified atom stereocenters. The summed E-state index contributed by atoms with van der Waals surface area (Å²) in [6.07, 6.45) is 3.50. The highest BCUT2D eigenvalue weighted by Crippen LogP contribution is 2.21. The van der Waals surface area contributed by atoms with Gasteiger partial charge >= 0.3 is 0 Å². The first kappa shape index (κ1) is 23.0. The molecule has 0 atom stereocenters. The summed E-state index contributed by atoms with van der Waals surface area (Å²) in [5.41, 5.74) is -0.405. The quantitative estimate of drug-likeness (QED) is 0.537. The van der Waals surface area contributed by atoms with Gasteiger partial charge in [0.05, 0.1) is 4.47 Å². The molecular weight excluding hydrogens is 475 g/mol. The third-order valence-corrected chi connectivity index (χ3v) is 5.69. The predicted molar refractivity (Wildman–Crippen MR) is 114 cm³/mol. The lowest BCUT2D eigenvalue weighted by molar-refractivity contribution is -0.133. The standard InChI is InChI=1S/C22H21BrF3N3O2/c23-17-11-14(1-5-18(17)25)2-6-20(30)29-22(7-9-27-10-8-22)21(31)28-13-15-3-4-16(24)12-19(15)26/h1-6,11-12,27H,7-10,13H2,(H,28,31)(H,29,30). The average Bonchev–Trinajstić information content (AvgIpc) is 2.74. The van der Waals surface area contributed by atoms with Crippen LogP contribution in [-0.4, -0.2) is 30.4 Å². The number of benzene rings is 2. The van der Waals surface area contributed by atoms with Gasteiger partial charge in [0.15, 0.2) is 0 Å². The van der Waals surface area contributed by atoms with Crippen LogP contribution in [-0.2, 0) is 16.1 Å². The van der Waals surface area contributed by atoms with E-state index in [2.05, 4.69) is 31.9 Å². The van der Waals surface area contributed by atoms with Crippen molar-refractivity contribution in [3.05, 3.63) is 75.5 Å². The molecule has 3 rings (SSSR count). The van der Waals surface area contributed by atoms with Crippen LogP contribution in [0.5, 0.6) is 0 Å². The Kier molecular flexibility index (Phi) is 7.50. The van der Waals surface area contributed by atoms with Crippen LogP contribution in [0.4, 0.5) is 13.2 Å². The maximum atomic E-state index is 13.9. The summed E-state index contributed by atoms with van der Waals surface area (Å²) in [6, 6.07) is 7.46. The Bertz CT molecular complexity index is 1010. The minimum atomic E-state index is -1.16. The minimum Gasteiger partial charge on any atom is -0.350 e. The fraction of sp³-hybridized carbons (Fsp3) is 0.273. The number of piperidine rings is 1. The Morgan fingerprint density at radius 1 is 1.06 bits per heavy atom. The highest BCUT2D eigenvalue weighted by Gasteiger charge is 2.40. The molecule has 2 aromatic carbocycles. The predicted octanol–water partition coefficient (Wildman–Crippen LogP) is 3.43. The topological polar surface area (TPSA) is 70.2 Å². The summed E-state index contributed by atoms with van der Waals surface area (Å²) in [5.74, 6) is -2.79. The molecule has 1 heterocycles. The third kappa shape index (κ3) is 5.95. The molecule has 1 aliphatic rings. The lowest BCUT2D eigenvalue weighted by Crippen LogP contribution is -2.62. The zero-order valence-electron chi connectivity index (χ0n) is 16.5. The van der Waals surface area contributed by atoms with Gasteiger partial charge in [0.2, 0.25) is 11.8 Å². The van der Waals surface area contributed by atoms with Crippen LogP contribution in [0.1, 0.15) is 24.0 Å². The zero-order valence-corrected chi connectivity index (χ0v) is 18.1. The van der Waals surface area contributed by atoms with E-state index in [4.69, 9.17) is 0 Å². The molecule has 1 aliphatic heterocycles. The molecule has 0 saturated carbocycles. The van der Waals surface area contributed by atoms with Gasteiger partial charge in [0, 0.05) is 24.3 Å². The third-order valence-electron chi connectivity index (χ3n) is 5.08. The van der Waals surface area contributed by atoms with Crippen LogP contribution in [0.2, 0.25) is 0 Å². The summed E-state index contributed by atoms with van der Waals surface area (Å²) >= 11 is 3.09. The number of carbonyl (C=O) groups excluding carboxylic acids is 2. The monoisotopic (exact) mass is 495 g/mol. The van der Waals surface area contributed by atoms with Crippen molar-refractivity contribution in [1.29, 1.82) is 0 Å². The van der Waals surface area contributed by atoms with Gasteiger partial charge in [0.25, 0.3) is 0 Å². The molecule has 0 spiro atoms. The lowest BCUT2D eigenvalue weighted by atomic mass is 9.87. The molecular formula is C22H21BrF3N3O2. The van der Waals surface area contributed by atoms with Gasteiger partial charge in [-0.1, -0.05) is 12.1 Å².